The molecule has 98 valence electrons. The third-order valence-electron chi connectivity index (χ3n) is 2.84. The molecule has 0 spiro atoms. The summed E-state index contributed by atoms with van der Waals surface area (Å²) in [6.07, 6.45) is 4.11. The second kappa shape index (κ2) is 7.90. The minimum absolute atomic E-state index is 0. The molecule has 0 bridgehead atoms. The molecule has 2 rings (SSSR count). The highest BCUT2D eigenvalue weighted by Crippen LogP contribution is 2.01. The van der Waals surface area contributed by atoms with Crippen LogP contribution in [0, 0.1) is 0 Å². The maximum absolute atomic E-state index is 11.7. The molecular weight excluding hydrogens is 248 g/mol. The Hall–Kier alpha value is -1.32. The van der Waals surface area contributed by atoms with Gasteiger partial charge in [0, 0.05) is 38.8 Å². The standard InChI is InChI=1S/C14H18N2O.ClH/c17-14(12-13-4-2-1-3-5-13)6-9-16-10-7-15-8-11-16;/h1-6,9,15H,7-8,10-12H2;1H. The first-order valence-corrected chi connectivity index (χ1v) is 6.04. The van der Waals surface area contributed by atoms with Crippen LogP contribution in [0.2, 0.25) is 0 Å². The molecule has 1 N–H and O–H groups in total. The molecule has 1 aromatic carbocycles. The Morgan fingerprint density at radius 1 is 1.22 bits per heavy atom. The van der Waals surface area contributed by atoms with Crippen molar-refractivity contribution in [1.29, 1.82) is 0 Å². The van der Waals surface area contributed by atoms with Crippen LogP contribution in [0.15, 0.2) is 42.6 Å². The molecule has 0 atom stereocenters. The Kier molecular flexibility index (Phi) is 6.47. The van der Waals surface area contributed by atoms with Crippen molar-refractivity contribution in [1.82, 2.24) is 10.2 Å². The maximum Gasteiger partial charge on any atom is 0.161 e. The summed E-state index contributed by atoms with van der Waals surface area (Å²) in [5.74, 6) is 0.162. The van der Waals surface area contributed by atoms with E-state index >= 15 is 0 Å². The summed E-state index contributed by atoms with van der Waals surface area (Å²) >= 11 is 0. The molecule has 1 aliphatic heterocycles. The summed E-state index contributed by atoms with van der Waals surface area (Å²) < 4.78 is 0. The van der Waals surface area contributed by atoms with Gasteiger partial charge in [0.1, 0.15) is 0 Å². The van der Waals surface area contributed by atoms with Crippen LogP contribution in [0.1, 0.15) is 5.56 Å². The van der Waals surface area contributed by atoms with Crippen molar-refractivity contribution < 1.29 is 4.79 Å². The van der Waals surface area contributed by atoms with Crippen LogP contribution in [0.5, 0.6) is 0 Å². The third kappa shape index (κ3) is 4.90. The molecule has 18 heavy (non-hydrogen) atoms. The van der Waals surface area contributed by atoms with Gasteiger partial charge in [0.15, 0.2) is 5.78 Å². The van der Waals surface area contributed by atoms with Gasteiger partial charge < -0.3 is 10.2 Å². The van der Waals surface area contributed by atoms with E-state index in [4.69, 9.17) is 0 Å². The van der Waals surface area contributed by atoms with E-state index in [0.717, 1.165) is 31.7 Å². The molecule has 1 saturated heterocycles. The van der Waals surface area contributed by atoms with E-state index in [-0.39, 0.29) is 18.2 Å². The Morgan fingerprint density at radius 3 is 2.56 bits per heavy atom. The lowest BCUT2D eigenvalue weighted by Crippen LogP contribution is -2.40. The molecule has 0 aliphatic carbocycles. The number of allylic oxidation sites excluding steroid dienone is 1. The van der Waals surface area contributed by atoms with Crippen LogP contribution < -0.4 is 5.32 Å². The molecule has 4 heteroatoms. The van der Waals surface area contributed by atoms with Crippen LogP contribution in [0.4, 0.5) is 0 Å². The number of hydrogen-bond donors (Lipinski definition) is 1. The minimum Gasteiger partial charge on any atom is -0.375 e. The largest absolute Gasteiger partial charge is 0.375 e. The topological polar surface area (TPSA) is 32.3 Å². The van der Waals surface area contributed by atoms with Crippen LogP contribution in [0.3, 0.4) is 0 Å². The third-order valence-corrected chi connectivity index (χ3v) is 2.84. The number of carbonyl (C=O) groups excluding carboxylic acids is 1. The second-order valence-corrected chi connectivity index (χ2v) is 4.23. The fraction of sp³-hybridized carbons (Fsp3) is 0.357. The number of benzene rings is 1. The summed E-state index contributed by atoms with van der Waals surface area (Å²) in [5.41, 5.74) is 1.07. The van der Waals surface area contributed by atoms with Crippen LogP contribution in [-0.4, -0.2) is 36.9 Å². The van der Waals surface area contributed by atoms with E-state index in [1.165, 1.54) is 0 Å². The molecule has 0 aromatic heterocycles. The van der Waals surface area contributed by atoms with E-state index < -0.39 is 0 Å². The number of nitrogens with one attached hydrogen (secondary N) is 1. The molecule has 1 fully saturated rings. The smallest absolute Gasteiger partial charge is 0.161 e. The Morgan fingerprint density at radius 2 is 1.89 bits per heavy atom. The number of ketones is 1. The molecule has 1 aromatic rings. The first-order chi connectivity index (χ1) is 8.34. The van der Waals surface area contributed by atoms with Crippen molar-refractivity contribution in [3.05, 3.63) is 48.2 Å². The average molecular weight is 267 g/mol. The Labute approximate surface area is 114 Å². The van der Waals surface area contributed by atoms with E-state index in [1.807, 2.05) is 36.5 Å². The van der Waals surface area contributed by atoms with Crippen molar-refractivity contribution in [3.63, 3.8) is 0 Å². The van der Waals surface area contributed by atoms with Gasteiger partial charge in [-0.3, -0.25) is 4.79 Å². The highest BCUT2D eigenvalue weighted by atomic mass is 35.5. The lowest BCUT2D eigenvalue weighted by molar-refractivity contribution is -0.114. The van der Waals surface area contributed by atoms with Gasteiger partial charge in [0.05, 0.1) is 0 Å². The van der Waals surface area contributed by atoms with E-state index in [1.54, 1.807) is 6.08 Å². The minimum atomic E-state index is 0. The molecule has 0 unspecified atom stereocenters. The quantitative estimate of drug-likeness (QED) is 0.841. The van der Waals surface area contributed by atoms with E-state index in [2.05, 4.69) is 10.2 Å². The first-order valence-electron chi connectivity index (χ1n) is 6.04. The fourth-order valence-electron chi connectivity index (χ4n) is 1.88. The average Bonchev–Trinajstić information content (AvgIpc) is 2.39. The number of rotatable bonds is 4. The van der Waals surface area contributed by atoms with Crippen molar-refractivity contribution >= 4 is 18.2 Å². The van der Waals surface area contributed by atoms with Crippen molar-refractivity contribution in [3.8, 4) is 0 Å². The van der Waals surface area contributed by atoms with Gasteiger partial charge in [-0.1, -0.05) is 30.3 Å². The maximum atomic E-state index is 11.7. The molecule has 0 radical (unpaired) electrons. The highest BCUT2D eigenvalue weighted by molar-refractivity contribution is 5.91. The number of hydrogen-bond acceptors (Lipinski definition) is 3. The predicted octanol–water partition coefficient (Wildman–Crippen LogP) is 1.64. The van der Waals surface area contributed by atoms with Gasteiger partial charge in [0.2, 0.25) is 0 Å². The molecule has 3 nitrogen and oxygen atoms in total. The van der Waals surface area contributed by atoms with Crippen LogP contribution in [-0.2, 0) is 11.2 Å². The normalized spacial score (nSPS) is 15.4. The molecule has 0 amide bonds. The summed E-state index contributed by atoms with van der Waals surface area (Å²) in [6, 6.07) is 9.85. The van der Waals surface area contributed by atoms with Gasteiger partial charge in [-0.25, -0.2) is 0 Å². The summed E-state index contributed by atoms with van der Waals surface area (Å²) in [6.45, 7) is 3.96. The molecular formula is C14H19ClN2O. The fourth-order valence-corrected chi connectivity index (χ4v) is 1.88. The lowest BCUT2D eigenvalue weighted by Gasteiger charge is -2.25. The zero-order chi connectivity index (χ0) is 11.9. The lowest BCUT2D eigenvalue weighted by atomic mass is 10.1. The Balaban J connectivity index is 0.00000162. The molecule has 1 aliphatic rings. The number of nitrogens with zero attached hydrogens (tertiary/aromatic N) is 1. The van der Waals surface area contributed by atoms with Gasteiger partial charge in [-0.2, -0.15) is 0 Å². The second-order valence-electron chi connectivity index (χ2n) is 4.23. The highest BCUT2D eigenvalue weighted by Gasteiger charge is 2.05. The number of halogens is 1. The van der Waals surface area contributed by atoms with Crippen LogP contribution in [0.25, 0.3) is 0 Å². The SMILES string of the molecule is Cl.O=C(C=CN1CCNCC1)Cc1ccccc1. The Bertz CT molecular complexity index is 386. The zero-order valence-corrected chi connectivity index (χ0v) is 11.2. The van der Waals surface area contributed by atoms with E-state index in [0.29, 0.717) is 6.42 Å². The van der Waals surface area contributed by atoms with Gasteiger partial charge >= 0.3 is 0 Å². The van der Waals surface area contributed by atoms with Crippen molar-refractivity contribution in [2.24, 2.45) is 0 Å². The van der Waals surface area contributed by atoms with Crippen molar-refractivity contribution in [2.75, 3.05) is 26.2 Å². The number of carbonyl (C=O) groups is 1. The van der Waals surface area contributed by atoms with E-state index in [9.17, 15) is 4.79 Å². The molecule has 0 saturated carbocycles. The summed E-state index contributed by atoms with van der Waals surface area (Å²) in [4.78, 5) is 13.9. The predicted molar refractivity (Wildman–Crippen MR) is 76.0 cm³/mol. The van der Waals surface area contributed by atoms with Gasteiger partial charge in [0.25, 0.3) is 0 Å². The first kappa shape index (κ1) is 14.7. The molecule has 1 heterocycles. The zero-order valence-electron chi connectivity index (χ0n) is 10.3. The monoisotopic (exact) mass is 266 g/mol. The van der Waals surface area contributed by atoms with Gasteiger partial charge in [-0.15, -0.1) is 12.4 Å². The van der Waals surface area contributed by atoms with Crippen LogP contribution >= 0.6 is 12.4 Å². The van der Waals surface area contributed by atoms with Crippen molar-refractivity contribution in [2.45, 2.75) is 6.42 Å². The summed E-state index contributed by atoms with van der Waals surface area (Å²) in [7, 11) is 0. The summed E-state index contributed by atoms with van der Waals surface area (Å²) in [5, 5.41) is 3.28. The number of piperazine rings is 1. The van der Waals surface area contributed by atoms with Gasteiger partial charge in [-0.05, 0) is 11.6 Å².